The third kappa shape index (κ3) is 14.4. The normalized spacial score (nSPS) is 11.7. The molecule has 0 aliphatic heterocycles. The molecule has 0 unspecified atom stereocenters. The van der Waals surface area contributed by atoms with Crippen LogP contribution in [0.1, 0.15) is 134 Å². The van der Waals surface area contributed by atoms with Crippen LogP contribution < -0.4 is 0 Å². The Balaban J connectivity index is 0.00000722. The van der Waals surface area contributed by atoms with Gasteiger partial charge < -0.3 is 0 Å². The van der Waals surface area contributed by atoms with Gasteiger partial charge in [0.15, 0.2) is 0 Å². The molecule has 38 heavy (non-hydrogen) atoms. The van der Waals surface area contributed by atoms with Crippen LogP contribution in [0.15, 0.2) is 52.4 Å². The largest absolute Gasteiger partial charge is 0.255 e. The second kappa shape index (κ2) is 22.1. The Morgan fingerprint density at radius 2 is 1.13 bits per heavy atom. The van der Waals surface area contributed by atoms with Crippen molar-refractivity contribution in [2.45, 2.75) is 137 Å². The summed E-state index contributed by atoms with van der Waals surface area (Å²) in [6, 6.07) is 15.7. The van der Waals surface area contributed by atoms with Crippen LogP contribution in [0, 0.1) is 0 Å². The maximum absolute atomic E-state index is 5.13. The molecule has 0 bridgehead atoms. The number of rotatable bonds is 20. The molecule has 214 valence electrons. The van der Waals surface area contributed by atoms with Crippen molar-refractivity contribution >= 4 is 23.3 Å². The van der Waals surface area contributed by atoms with Gasteiger partial charge in [0, 0.05) is 22.7 Å². The first kappa shape index (κ1) is 34.3. The molecule has 0 heterocycles. The van der Waals surface area contributed by atoms with Crippen molar-refractivity contribution in [2.75, 3.05) is 0 Å². The molecule has 2 rings (SSSR count). The molecular formula is C35H54N2Ni. The molecule has 0 atom stereocenters. The van der Waals surface area contributed by atoms with E-state index in [0.717, 1.165) is 29.9 Å². The second-order valence-electron chi connectivity index (χ2n) is 10.7. The van der Waals surface area contributed by atoms with E-state index in [2.05, 4.69) is 70.2 Å². The van der Waals surface area contributed by atoms with Crippen LogP contribution in [0.5, 0.6) is 0 Å². The van der Waals surface area contributed by atoms with Crippen LogP contribution in [-0.2, 0) is 35.8 Å². The van der Waals surface area contributed by atoms with Gasteiger partial charge in [-0.3, -0.25) is 9.98 Å². The quantitative estimate of drug-likeness (QED) is 0.0873. The summed E-state index contributed by atoms with van der Waals surface area (Å²) in [5.41, 5.74) is 7.66. The number of unbranched alkanes of at least 4 members (excludes halogenated alkanes) is 9. The standard InChI is InChI=1S/C35H54N2.Ni/c1-5-9-13-17-21-35(29-36-33-25-22-30(23-26-33)18-14-10-6-2)37-34-27-24-31(19-15-11-7-3)32(28-34)20-16-12-8-4;/h22-29H,5-21H2,1-4H3;/b36-29+,37-35+;. The fourth-order valence-corrected chi connectivity index (χ4v) is 4.81. The third-order valence-electron chi connectivity index (χ3n) is 7.22. The molecule has 0 aromatic heterocycles. The van der Waals surface area contributed by atoms with E-state index in [1.54, 1.807) is 0 Å². The van der Waals surface area contributed by atoms with Crippen LogP contribution in [0.3, 0.4) is 0 Å². The summed E-state index contributed by atoms with van der Waals surface area (Å²) in [6.45, 7) is 9.09. The fraction of sp³-hybridized carbons (Fsp3) is 0.600. The van der Waals surface area contributed by atoms with Gasteiger partial charge in [0.1, 0.15) is 0 Å². The summed E-state index contributed by atoms with van der Waals surface area (Å²) in [6.07, 6.45) is 23.1. The minimum absolute atomic E-state index is 0. The Morgan fingerprint density at radius 3 is 1.76 bits per heavy atom. The third-order valence-corrected chi connectivity index (χ3v) is 7.22. The SMILES string of the molecule is CCCCCCC(/C=N/c1ccc(CCCCC)cc1)=N\c1ccc(CCCCC)c(CCCCC)c1.[Ni]. The topological polar surface area (TPSA) is 24.7 Å². The van der Waals surface area contributed by atoms with Crippen LogP contribution in [0.2, 0.25) is 0 Å². The van der Waals surface area contributed by atoms with E-state index in [1.807, 2.05) is 6.21 Å². The summed E-state index contributed by atoms with van der Waals surface area (Å²) in [5, 5.41) is 0. The minimum atomic E-state index is 0. The van der Waals surface area contributed by atoms with Gasteiger partial charge in [-0.25, -0.2) is 0 Å². The van der Waals surface area contributed by atoms with E-state index in [9.17, 15) is 0 Å². The Hall–Kier alpha value is -1.73. The van der Waals surface area contributed by atoms with E-state index < -0.39 is 0 Å². The molecule has 0 amide bonds. The van der Waals surface area contributed by atoms with Crippen molar-refractivity contribution < 1.29 is 16.5 Å². The maximum Gasteiger partial charge on any atom is 0.0636 e. The zero-order valence-corrected chi connectivity index (χ0v) is 25.8. The molecule has 0 fully saturated rings. The second-order valence-corrected chi connectivity index (χ2v) is 10.7. The van der Waals surface area contributed by atoms with Gasteiger partial charge in [-0.15, -0.1) is 0 Å². The molecule has 3 heteroatoms. The van der Waals surface area contributed by atoms with E-state index >= 15 is 0 Å². The monoisotopic (exact) mass is 560 g/mol. The Kier molecular flexibility index (Phi) is 20.0. The molecule has 0 saturated heterocycles. The molecule has 2 aromatic rings. The number of benzene rings is 2. The smallest absolute Gasteiger partial charge is 0.0636 e. The fourth-order valence-electron chi connectivity index (χ4n) is 4.81. The first-order valence-corrected chi connectivity index (χ1v) is 15.5. The number of nitrogens with zero attached hydrogens (tertiary/aromatic N) is 2. The molecule has 0 N–H and O–H groups in total. The minimum Gasteiger partial charge on any atom is -0.255 e. The molecule has 0 spiro atoms. The van der Waals surface area contributed by atoms with Crippen molar-refractivity contribution in [3.63, 3.8) is 0 Å². The average Bonchev–Trinajstić information content (AvgIpc) is 2.92. The van der Waals surface area contributed by atoms with E-state index in [1.165, 1.54) is 113 Å². The van der Waals surface area contributed by atoms with E-state index in [4.69, 9.17) is 9.98 Å². The summed E-state index contributed by atoms with van der Waals surface area (Å²) in [5.74, 6) is 0. The van der Waals surface area contributed by atoms with Crippen LogP contribution >= 0.6 is 0 Å². The first-order chi connectivity index (χ1) is 18.2. The number of hydrogen-bond donors (Lipinski definition) is 0. The number of hydrogen-bond acceptors (Lipinski definition) is 2. The average molecular weight is 562 g/mol. The Bertz CT molecular complexity index is 914. The zero-order valence-electron chi connectivity index (χ0n) is 24.9. The summed E-state index contributed by atoms with van der Waals surface area (Å²) < 4.78 is 0. The zero-order chi connectivity index (χ0) is 26.6. The van der Waals surface area contributed by atoms with Crippen molar-refractivity contribution in [1.82, 2.24) is 0 Å². The summed E-state index contributed by atoms with van der Waals surface area (Å²) in [7, 11) is 0. The van der Waals surface area contributed by atoms with Crippen LogP contribution in [0.4, 0.5) is 11.4 Å². The van der Waals surface area contributed by atoms with Crippen molar-refractivity contribution in [3.05, 3.63) is 59.2 Å². The molecule has 0 saturated carbocycles. The number of aliphatic imine (C=N–C) groups is 2. The van der Waals surface area contributed by atoms with Gasteiger partial charge in [-0.1, -0.05) is 104 Å². The van der Waals surface area contributed by atoms with Crippen molar-refractivity contribution in [1.29, 1.82) is 0 Å². The van der Waals surface area contributed by atoms with Crippen molar-refractivity contribution in [3.8, 4) is 0 Å². The Morgan fingerprint density at radius 1 is 0.579 bits per heavy atom. The molecule has 2 nitrogen and oxygen atoms in total. The van der Waals surface area contributed by atoms with Gasteiger partial charge in [0.2, 0.25) is 0 Å². The molecule has 0 aliphatic carbocycles. The van der Waals surface area contributed by atoms with Crippen LogP contribution in [0.25, 0.3) is 0 Å². The molecule has 2 aromatic carbocycles. The van der Waals surface area contributed by atoms with Gasteiger partial charge in [0.25, 0.3) is 0 Å². The predicted molar refractivity (Wildman–Crippen MR) is 167 cm³/mol. The van der Waals surface area contributed by atoms with Gasteiger partial charge in [-0.2, -0.15) is 0 Å². The Labute approximate surface area is 245 Å². The van der Waals surface area contributed by atoms with E-state index in [-0.39, 0.29) is 16.5 Å². The summed E-state index contributed by atoms with van der Waals surface area (Å²) in [4.78, 5) is 9.97. The first-order valence-electron chi connectivity index (χ1n) is 15.5. The van der Waals surface area contributed by atoms with Crippen LogP contribution in [-0.4, -0.2) is 11.9 Å². The van der Waals surface area contributed by atoms with Gasteiger partial charge >= 0.3 is 0 Å². The van der Waals surface area contributed by atoms with Gasteiger partial charge in [0.05, 0.1) is 17.1 Å². The van der Waals surface area contributed by atoms with Gasteiger partial charge in [-0.05, 0) is 92.3 Å². The van der Waals surface area contributed by atoms with Crippen molar-refractivity contribution in [2.24, 2.45) is 9.98 Å². The van der Waals surface area contributed by atoms with E-state index in [0.29, 0.717) is 0 Å². The number of aryl methyl sites for hydroxylation is 3. The predicted octanol–water partition coefficient (Wildman–Crippen LogP) is 11.3. The molecule has 0 radical (unpaired) electrons. The summed E-state index contributed by atoms with van der Waals surface area (Å²) >= 11 is 0. The maximum atomic E-state index is 5.13. The molecule has 0 aliphatic rings. The molecular weight excluding hydrogens is 507 g/mol.